The number of carbonyl (C=O) groups is 2. The number of fused-ring (bicyclic) bond motifs is 1. The van der Waals surface area contributed by atoms with Gasteiger partial charge in [0.1, 0.15) is 11.4 Å². The molecular weight excluding hydrogens is 306 g/mol. The van der Waals surface area contributed by atoms with E-state index in [9.17, 15) is 14.7 Å². The standard InChI is InChI=1S/C18H23N3O3/c1-11-5-6-13-16(12(11)2)20-14(19-13)7-8-15(22)21-18(17(23)24)9-3-4-10-18/h5-6H,3-4,7-10H2,1-2H3,(H,19,20)(H,21,22)(H,23,24). The molecule has 0 saturated heterocycles. The van der Waals surface area contributed by atoms with E-state index in [0.717, 1.165) is 35.3 Å². The van der Waals surface area contributed by atoms with Gasteiger partial charge in [-0.2, -0.15) is 0 Å². The molecule has 0 spiro atoms. The molecule has 1 heterocycles. The van der Waals surface area contributed by atoms with Crippen molar-refractivity contribution in [1.29, 1.82) is 0 Å². The third-order valence-corrected chi connectivity index (χ3v) is 5.06. The van der Waals surface area contributed by atoms with E-state index in [4.69, 9.17) is 0 Å². The molecule has 24 heavy (non-hydrogen) atoms. The fraction of sp³-hybridized carbons (Fsp3) is 0.500. The molecule has 1 amide bonds. The number of aromatic amines is 1. The van der Waals surface area contributed by atoms with E-state index in [1.807, 2.05) is 26.0 Å². The van der Waals surface area contributed by atoms with Crippen LogP contribution in [0.3, 0.4) is 0 Å². The molecule has 1 saturated carbocycles. The second kappa shape index (κ2) is 6.26. The molecule has 3 N–H and O–H groups in total. The minimum atomic E-state index is -1.07. The van der Waals surface area contributed by atoms with Gasteiger partial charge in [0.25, 0.3) is 0 Å². The van der Waals surface area contributed by atoms with Crippen molar-refractivity contribution in [3.05, 3.63) is 29.1 Å². The van der Waals surface area contributed by atoms with Crippen molar-refractivity contribution in [2.45, 2.75) is 57.9 Å². The minimum Gasteiger partial charge on any atom is -0.480 e. The molecule has 1 aromatic heterocycles. The predicted molar refractivity (Wildman–Crippen MR) is 90.9 cm³/mol. The van der Waals surface area contributed by atoms with Crippen molar-refractivity contribution in [2.75, 3.05) is 0 Å². The van der Waals surface area contributed by atoms with Crippen molar-refractivity contribution in [3.63, 3.8) is 0 Å². The van der Waals surface area contributed by atoms with E-state index in [-0.39, 0.29) is 12.3 Å². The maximum absolute atomic E-state index is 12.2. The third-order valence-electron chi connectivity index (χ3n) is 5.06. The van der Waals surface area contributed by atoms with Crippen molar-refractivity contribution < 1.29 is 14.7 Å². The summed E-state index contributed by atoms with van der Waals surface area (Å²) in [5.74, 6) is -0.402. The van der Waals surface area contributed by atoms with Gasteiger partial charge in [-0.05, 0) is 43.9 Å². The van der Waals surface area contributed by atoms with Gasteiger partial charge in [-0.25, -0.2) is 9.78 Å². The Bertz CT molecular complexity index is 788. The molecule has 0 bridgehead atoms. The van der Waals surface area contributed by atoms with Crippen LogP contribution in [0.25, 0.3) is 11.0 Å². The topological polar surface area (TPSA) is 95.1 Å². The van der Waals surface area contributed by atoms with Crippen LogP contribution in [0.4, 0.5) is 0 Å². The van der Waals surface area contributed by atoms with Crippen LogP contribution in [0, 0.1) is 13.8 Å². The number of imidazole rings is 1. The van der Waals surface area contributed by atoms with Crippen LogP contribution >= 0.6 is 0 Å². The summed E-state index contributed by atoms with van der Waals surface area (Å²) in [6, 6.07) is 4.04. The van der Waals surface area contributed by atoms with E-state index < -0.39 is 11.5 Å². The molecule has 128 valence electrons. The zero-order chi connectivity index (χ0) is 17.3. The summed E-state index contributed by atoms with van der Waals surface area (Å²) in [5.41, 5.74) is 3.14. The van der Waals surface area contributed by atoms with Gasteiger partial charge in [0.05, 0.1) is 11.0 Å². The number of hydrogen-bond acceptors (Lipinski definition) is 3. The van der Waals surface area contributed by atoms with Crippen LogP contribution in [0.2, 0.25) is 0 Å². The number of rotatable bonds is 5. The van der Waals surface area contributed by atoms with Gasteiger partial charge in [-0.3, -0.25) is 4.79 Å². The molecule has 0 atom stereocenters. The predicted octanol–water partition coefficient (Wildman–Crippen LogP) is 2.63. The van der Waals surface area contributed by atoms with E-state index in [1.54, 1.807) is 0 Å². The highest BCUT2D eigenvalue weighted by molar-refractivity contribution is 5.87. The molecule has 3 rings (SSSR count). The van der Waals surface area contributed by atoms with E-state index in [0.29, 0.717) is 19.3 Å². The quantitative estimate of drug-likeness (QED) is 0.786. The van der Waals surface area contributed by atoms with E-state index in [2.05, 4.69) is 15.3 Å². The van der Waals surface area contributed by atoms with Crippen molar-refractivity contribution in [3.8, 4) is 0 Å². The first-order valence-electron chi connectivity index (χ1n) is 8.40. The number of carboxylic acids is 1. The molecule has 6 nitrogen and oxygen atoms in total. The maximum atomic E-state index is 12.2. The highest BCUT2D eigenvalue weighted by atomic mass is 16.4. The number of nitrogens with one attached hydrogen (secondary N) is 2. The monoisotopic (exact) mass is 329 g/mol. The fourth-order valence-corrected chi connectivity index (χ4v) is 3.41. The Hall–Kier alpha value is -2.37. The number of aliphatic carboxylic acids is 1. The van der Waals surface area contributed by atoms with Gasteiger partial charge < -0.3 is 15.4 Å². The van der Waals surface area contributed by atoms with Gasteiger partial charge in [-0.15, -0.1) is 0 Å². The van der Waals surface area contributed by atoms with Gasteiger partial charge in [0.15, 0.2) is 0 Å². The van der Waals surface area contributed by atoms with Crippen LogP contribution in [-0.2, 0) is 16.0 Å². The Balaban J connectivity index is 1.66. The van der Waals surface area contributed by atoms with Gasteiger partial charge >= 0.3 is 5.97 Å². The number of nitrogens with zero attached hydrogens (tertiary/aromatic N) is 1. The summed E-state index contributed by atoms with van der Waals surface area (Å²) in [4.78, 5) is 31.5. The second-order valence-corrected chi connectivity index (χ2v) is 6.73. The van der Waals surface area contributed by atoms with Crippen molar-refractivity contribution in [1.82, 2.24) is 15.3 Å². The summed E-state index contributed by atoms with van der Waals surface area (Å²) in [6.45, 7) is 4.08. The summed E-state index contributed by atoms with van der Waals surface area (Å²) in [5, 5.41) is 12.2. The lowest BCUT2D eigenvalue weighted by Crippen LogP contribution is -2.52. The summed E-state index contributed by atoms with van der Waals surface area (Å²) < 4.78 is 0. The Labute approximate surface area is 140 Å². The lowest BCUT2D eigenvalue weighted by atomic mass is 9.97. The summed E-state index contributed by atoms with van der Waals surface area (Å²) in [6.07, 6.45) is 3.40. The molecular formula is C18H23N3O3. The normalized spacial score (nSPS) is 16.4. The molecule has 0 unspecified atom stereocenters. The Kier molecular flexibility index (Phi) is 4.30. The smallest absolute Gasteiger partial charge is 0.329 e. The first kappa shape index (κ1) is 16.5. The largest absolute Gasteiger partial charge is 0.480 e. The maximum Gasteiger partial charge on any atom is 0.329 e. The summed E-state index contributed by atoms with van der Waals surface area (Å²) in [7, 11) is 0. The second-order valence-electron chi connectivity index (χ2n) is 6.73. The van der Waals surface area contributed by atoms with Crippen LogP contribution in [0.15, 0.2) is 12.1 Å². The van der Waals surface area contributed by atoms with Crippen LogP contribution in [-0.4, -0.2) is 32.5 Å². The number of benzene rings is 1. The molecule has 6 heteroatoms. The van der Waals surface area contributed by atoms with Gasteiger partial charge in [0.2, 0.25) is 5.91 Å². The molecule has 0 radical (unpaired) electrons. The summed E-state index contributed by atoms with van der Waals surface area (Å²) >= 11 is 0. The molecule has 1 aliphatic rings. The molecule has 2 aromatic rings. The zero-order valence-electron chi connectivity index (χ0n) is 14.1. The average Bonchev–Trinajstić information content (AvgIpc) is 3.17. The van der Waals surface area contributed by atoms with Crippen molar-refractivity contribution in [2.24, 2.45) is 0 Å². The lowest BCUT2D eigenvalue weighted by Gasteiger charge is -2.25. The van der Waals surface area contributed by atoms with E-state index >= 15 is 0 Å². The number of H-pyrrole nitrogens is 1. The van der Waals surface area contributed by atoms with Crippen molar-refractivity contribution >= 4 is 22.9 Å². The Morgan fingerprint density at radius 1 is 1.29 bits per heavy atom. The number of carbonyl (C=O) groups excluding carboxylic acids is 1. The molecule has 1 fully saturated rings. The third kappa shape index (κ3) is 3.00. The number of aryl methyl sites for hydroxylation is 3. The molecule has 0 aliphatic heterocycles. The Morgan fingerprint density at radius 3 is 2.67 bits per heavy atom. The Morgan fingerprint density at radius 2 is 2.00 bits per heavy atom. The van der Waals surface area contributed by atoms with Gasteiger partial charge in [0, 0.05) is 12.8 Å². The van der Waals surface area contributed by atoms with Crippen LogP contribution < -0.4 is 5.32 Å². The average molecular weight is 329 g/mol. The first-order valence-corrected chi connectivity index (χ1v) is 8.40. The molecule has 1 aromatic carbocycles. The number of hydrogen-bond donors (Lipinski definition) is 3. The van der Waals surface area contributed by atoms with Gasteiger partial charge in [-0.1, -0.05) is 18.9 Å². The lowest BCUT2D eigenvalue weighted by molar-refractivity contribution is -0.147. The first-order chi connectivity index (χ1) is 11.4. The highest BCUT2D eigenvalue weighted by Crippen LogP contribution is 2.30. The SMILES string of the molecule is Cc1ccc2[nH]c(CCC(=O)NC3(C(=O)O)CCCC3)nc2c1C. The number of aromatic nitrogens is 2. The van der Waals surface area contributed by atoms with Crippen LogP contribution in [0.1, 0.15) is 49.1 Å². The van der Waals surface area contributed by atoms with E-state index in [1.165, 1.54) is 5.56 Å². The number of amides is 1. The zero-order valence-corrected chi connectivity index (χ0v) is 14.1. The fourth-order valence-electron chi connectivity index (χ4n) is 3.41. The van der Waals surface area contributed by atoms with Crippen LogP contribution in [0.5, 0.6) is 0 Å². The highest BCUT2D eigenvalue weighted by Gasteiger charge is 2.42. The minimum absolute atomic E-state index is 0.229. The number of carboxylic acid groups (broad SMARTS) is 1. The molecule has 1 aliphatic carbocycles.